The Balaban J connectivity index is 1.64. The summed E-state index contributed by atoms with van der Waals surface area (Å²) in [6.45, 7) is 5.47. The lowest BCUT2D eigenvalue weighted by Gasteiger charge is -2.25. The van der Waals surface area contributed by atoms with Gasteiger partial charge in [0.2, 0.25) is 0 Å². The van der Waals surface area contributed by atoms with Gasteiger partial charge in [0.05, 0.1) is 0 Å². The van der Waals surface area contributed by atoms with Crippen molar-refractivity contribution in [3.05, 3.63) is 0 Å². The molecule has 2 aliphatic rings. The molecule has 0 aromatic rings. The molecule has 2 fully saturated rings. The molecule has 0 aromatic heterocycles. The van der Waals surface area contributed by atoms with Crippen LogP contribution >= 0.6 is 0 Å². The maximum Gasteiger partial charge on any atom is 0.0494 e. The third-order valence-electron chi connectivity index (χ3n) is 3.99. The van der Waals surface area contributed by atoms with Gasteiger partial charge in [-0.25, -0.2) is 0 Å². The molecule has 2 rings (SSSR count). The molecule has 2 atom stereocenters. The normalized spacial score (nSPS) is 27.9. The molecule has 1 saturated heterocycles. The maximum atomic E-state index is 5.55. The van der Waals surface area contributed by atoms with Crippen molar-refractivity contribution in [2.24, 2.45) is 11.8 Å². The first-order valence-electron chi connectivity index (χ1n) is 7.21. The second-order valence-corrected chi connectivity index (χ2v) is 5.56. The molecule has 1 N–H and O–H groups in total. The molecular formula is C14H27NO. The van der Waals surface area contributed by atoms with Crippen LogP contribution in [0.4, 0.5) is 0 Å². The van der Waals surface area contributed by atoms with Crippen LogP contribution in [-0.4, -0.2) is 25.8 Å². The largest absolute Gasteiger partial charge is 0.381 e. The van der Waals surface area contributed by atoms with Crippen LogP contribution in [-0.2, 0) is 4.74 Å². The summed E-state index contributed by atoms with van der Waals surface area (Å²) in [7, 11) is 0. The van der Waals surface area contributed by atoms with E-state index in [1.165, 1.54) is 51.5 Å². The molecule has 1 aliphatic heterocycles. The summed E-state index contributed by atoms with van der Waals surface area (Å²) in [4.78, 5) is 0. The van der Waals surface area contributed by atoms with Crippen LogP contribution in [0.3, 0.4) is 0 Å². The molecule has 2 nitrogen and oxygen atoms in total. The van der Waals surface area contributed by atoms with Gasteiger partial charge in [-0.2, -0.15) is 0 Å². The Hall–Kier alpha value is -0.0800. The number of ether oxygens (including phenoxy) is 1. The van der Waals surface area contributed by atoms with Crippen molar-refractivity contribution in [3.8, 4) is 0 Å². The lowest BCUT2D eigenvalue weighted by molar-refractivity contribution is 0.0496. The molecule has 1 aliphatic carbocycles. The van der Waals surface area contributed by atoms with E-state index in [1.54, 1.807) is 0 Å². The van der Waals surface area contributed by atoms with Crippen LogP contribution in [0.2, 0.25) is 0 Å². The van der Waals surface area contributed by atoms with Gasteiger partial charge in [-0.1, -0.05) is 6.92 Å². The smallest absolute Gasteiger partial charge is 0.0494 e. The van der Waals surface area contributed by atoms with Gasteiger partial charge in [-0.15, -0.1) is 0 Å². The Morgan fingerprint density at radius 2 is 2.19 bits per heavy atom. The van der Waals surface area contributed by atoms with E-state index >= 15 is 0 Å². The molecule has 0 aromatic carbocycles. The molecule has 0 bridgehead atoms. The lowest BCUT2D eigenvalue weighted by Crippen LogP contribution is -2.32. The van der Waals surface area contributed by atoms with E-state index in [0.29, 0.717) is 0 Å². The molecule has 0 spiro atoms. The summed E-state index contributed by atoms with van der Waals surface area (Å²) in [5.74, 6) is 1.84. The van der Waals surface area contributed by atoms with Crippen LogP contribution < -0.4 is 5.32 Å². The van der Waals surface area contributed by atoms with E-state index in [9.17, 15) is 0 Å². The Bertz CT molecular complexity index is 185. The highest BCUT2D eigenvalue weighted by molar-refractivity contribution is 4.86. The van der Waals surface area contributed by atoms with E-state index in [2.05, 4.69) is 12.2 Å². The predicted molar refractivity (Wildman–Crippen MR) is 67.6 cm³/mol. The summed E-state index contributed by atoms with van der Waals surface area (Å²) in [5.41, 5.74) is 0. The average molecular weight is 225 g/mol. The second-order valence-electron chi connectivity index (χ2n) is 5.56. The first-order valence-corrected chi connectivity index (χ1v) is 7.21. The number of nitrogens with one attached hydrogen (secondary N) is 1. The van der Waals surface area contributed by atoms with E-state index in [4.69, 9.17) is 4.74 Å². The van der Waals surface area contributed by atoms with Gasteiger partial charge in [-0.05, 0) is 63.3 Å². The van der Waals surface area contributed by atoms with Crippen molar-refractivity contribution < 1.29 is 4.74 Å². The number of hydrogen-bond donors (Lipinski definition) is 1. The highest BCUT2D eigenvalue weighted by atomic mass is 16.5. The Morgan fingerprint density at radius 3 is 2.81 bits per heavy atom. The van der Waals surface area contributed by atoms with Crippen molar-refractivity contribution in [2.75, 3.05) is 19.8 Å². The molecule has 16 heavy (non-hydrogen) atoms. The first kappa shape index (κ1) is 12.4. The van der Waals surface area contributed by atoms with Crippen LogP contribution in [0.1, 0.15) is 51.9 Å². The summed E-state index contributed by atoms with van der Waals surface area (Å²) in [6.07, 6.45) is 9.60. The Morgan fingerprint density at radius 1 is 1.31 bits per heavy atom. The zero-order chi connectivity index (χ0) is 11.2. The summed E-state index contributed by atoms with van der Waals surface area (Å²) in [6, 6.07) is 0.807. The topological polar surface area (TPSA) is 21.3 Å². The summed E-state index contributed by atoms with van der Waals surface area (Å²) in [5, 5.41) is 3.73. The average Bonchev–Trinajstić information content (AvgIpc) is 3.15. The van der Waals surface area contributed by atoms with Gasteiger partial charge < -0.3 is 10.1 Å². The van der Waals surface area contributed by atoms with Gasteiger partial charge in [-0.3, -0.25) is 0 Å². The lowest BCUT2D eigenvalue weighted by atomic mass is 9.93. The fourth-order valence-corrected chi connectivity index (χ4v) is 2.78. The van der Waals surface area contributed by atoms with Crippen LogP contribution in [0.15, 0.2) is 0 Å². The second kappa shape index (κ2) is 6.61. The van der Waals surface area contributed by atoms with Crippen LogP contribution in [0.25, 0.3) is 0 Å². The van der Waals surface area contributed by atoms with Crippen molar-refractivity contribution in [1.29, 1.82) is 0 Å². The standard InChI is InChI=1S/C14H27NO/c1-2-9-15-14(13-6-7-13)8-5-12-4-3-10-16-11-12/h12-15H,2-11H2,1H3. The highest BCUT2D eigenvalue weighted by Crippen LogP contribution is 2.35. The van der Waals surface area contributed by atoms with Crippen molar-refractivity contribution >= 4 is 0 Å². The zero-order valence-corrected chi connectivity index (χ0v) is 10.7. The molecular weight excluding hydrogens is 198 g/mol. The van der Waals surface area contributed by atoms with Gasteiger partial charge in [0.25, 0.3) is 0 Å². The fourth-order valence-electron chi connectivity index (χ4n) is 2.78. The van der Waals surface area contributed by atoms with Crippen molar-refractivity contribution in [1.82, 2.24) is 5.32 Å². The van der Waals surface area contributed by atoms with Crippen LogP contribution in [0, 0.1) is 11.8 Å². The zero-order valence-electron chi connectivity index (χ0n) is 10.7. The minimum atomic E-state index is 0.807. The Kier molecular flexibility index (Phi) is 5.11. The highest BCUT2D eigenvalue weighted by Gasteiger charge is 2.30. The van der Waals surface area contributed by atoms with E-state index in [-0.39, 0.29) is 0 Å². The Labute approximate surface area is 100 Å². The third-order valence-corrected chi connectivity index (χ3v) is 3.99. The summed E-state index contributed by atoms with van der Waals surface area (Å²) < 4.78 is 5.55. The van der Waals surface area contributed by atoms with E-state index in [0.717, 1.165) is 31.1 Å². The molecule has 94 valence electrons. The van der Waals surface area contributed by atoms with Crippen molar-refractivity contribution in [3.63, 3.8) is 0 Å². The van der Waals surface area contributed by atoms with E-state index < -0.39 is 0 Å². The minimum absolute atomic E-state index is 0.807. The predicted octanol–water partition coefficient (Wildman–Crippen LogP) is 2.97. The van der Waals surface area contributed by atoms with Gasteiger partial charge in [0.1, 0.15) is 0 Å². The fraction of sp³-hybridized carbons (Fsp3) is 1.00. The van der Waals surface area contributed by atoms with E-state index in [1.807, 2.05) is 0 Å². The molecule has 2 unspecified atom stereocenters. The van der Waals surface area contributed by atoms with Gasteiger partial charge in [0.15, 0.2) is 0 Å². The first-order chi connectivity index (χ1) is 7.90. The number of rotatable bonds is 7. The molecule has 1 heterocycles. The molecule has 0 amide bonds. The van der Waals surface area contributed by atoms with Crippen LogP contribution in [0.5, 0.6) is 0 Å². The summed E-state index contributed by atoms with van der Waals surface area (Å²) >= 11 is 0. The molecule has 1 saturated carbocycles. The maximum absolute atomic E-state index is 5.55. The van der Waals surface area contributed by atoms with Gasteiger partial charge in [0, 0.05) is 19.3 Å². The third kappa shape index (κ3) is 4.06. The minimum Gasteiger partial charge on any atom is -0.381 e. The monoisotopic (exact) mass is 225 g/mol. The number of hydrogen-bond acceptors (Lipinski definition) is 2. The molecule has 2 heteroatoms. The van der Waals surface area contributed by atoms with Crippen molar-refractivity contribution in [2.45, 2.75) is 57.9 Å². The van der Waals surface area contributed by atoms with Gasteiger partial charge >= 0.3 is 0 Å². The SMILES string of the molecule is CCCNC(CCC1CCCOC1)C1CC1. The quantitative estimate of drug-likeness (QED) is 0.719. The molecule has 0 radical (unpaired) electrons.